The number of rotatable bonds is 2. The van der Waals surface area contributed by atoms with Gasteiger partial charge in [-0.25, -0.2) is 9.97 Å². The van der Waals surface area contributed by atoms with Gasteiger partial charge in [0.1, 0.15) is 0 Å². The lowest BCUT2D eigenvalue weighted by atomic mass is 10.1. The topological polar surface area (TPSA) is 55.7 Å². The Morgan fingerprint density at radius 2 is 1.73 bits per heavy atom. The van der Waals surface area contributed by atoms with E-state index in [1.807, 2.05) is 0 Å². The van der Waals surface area contributed by atoms with Gasteiger partial charge in [0.25, 0.3) is 0 Å². The Bertz CT molecular complexity index is 487. The van der Waals surface area contributed by atoms with Crippen LogP contribution in [0.25, 0.3) is 0 Å². The van der Waals surface area contributed by atoms with Crippen LogP contribution in [-0.2, 0) is 0 Å². The maximum atomic E-state index is 13.1. The maximum Gasteiger partial charge on any atom is 0.242 e. The summed E-state index contributed by atoms with van der Waals surface area (Å²) in [5, 5.41) is 0. The molecule has 0 aliphatic heterocycles. The highest BCUT2D eigenvalue weighted by atomic mass is 19.1. The van der Waals surface area contributed by atoms with E-state index in [0.29, 0.717) is 5.56 Å². The number of ketones is 1. The van der Waals surface area contributed by atoms with Crippen LogP contribution in [-0.4, -0.2) is 20.7 Å². The first-order chi connectivity index (χ1) is 7.29. The summed E-state index contributed by atoms with van der Waals surface area (Å²) in [4.78, 5) is 22.5. The van der Waals surface area contributed by atoms with Crippen molar-refractivity contribution in [2.24, 2.45) is 0 Å². The number of aromatic nitrogens is 3. The first kappa shape index (κ1) is 9.39. The van der Waals surface area contributed by atoms with Gasteiger partial charge in [0.2, 0.25) is 11.7 Å². The molecule has 15 heavy (non-hydrogen) atoms. The van der Waals surface area contributed by atoms with Crippen LogP contribution in [0.15, 0.2) is 36.9 Å². The number of hydrogen-bond acceptors (Lipinski definition) is 4. The predicted molar refractivity (Wildman–Crippen MR) is 49.7 cm³/mol. The van der Waals surface area contributed by atoms with Crippen LogP contribution in [0.4, 0.5) is 4.39 Å². The van der Waals surface area contributed by atoms with E-state index in [1.54, 1.807) is 0 Å². The van der Waals surface area contributed by atoms with Crippen molar-refractivity contribution >= 4 is 5.78 Å². The van der Waals surface area contributed by atoms with Crippen molar-refractivity contribution in [3.63, 3.8) is 0 Å². The van der Waals surface area contributed by atoms with Crippen LogP contribution < -0.4 is 0 Å². The third kappa shape index (κ3) is 1.85. The Morgan fingerprint density at radius 1 is 1.07 bits per heavy atom. The van der Waals surface area contributed by atoms with Gasteiger partial charge in [0.05, 0.1) is 0 Å². The molecule has 0 spiro atoms. The zero-order valence-electron chi connectivity index (χ0n) is 7.59. The Hall–Kier alpha value is -2.17. The van der Waals surface area contributed by atoms with E-state index in [-0.39, 0.29) is 5.69 Å². The lowest BCUT2D eigenvalue weighted by molar-refractivity contribution is 0.102. The molecular formula is C10H6FN3O. The van der Waals surface area contributed by atoms with E-state index < -0.39 is 11.7 Å². The van der Waals surface area contributed by atoms with Crippen LogP contribution in [0.5, 0.6) is 0 Å². The molecule has 0 fully saturated rings. The molecule has 2 heterocycles. The Morgan fingerprint density at radius 3 is 2.40 bits per heavy atom. The van der Waals surface area contributed by atoms with Crippen LogP contribution in [0.2, 0.25) is 0 Å². The fourth-order valence-electron chi connectivity index (χ4n) is 1.11. The fourth-order valence-corrected chi connectivity index (χ4v) is 1.11. The van der Waals surface area contributed by atoms with Crippen LogP contribution in [0.3, 0.4) is 0 Å². The molecule has 0 atom stereocenters. The van der Waals surface area contributed by atoms with E-state index in [4.69, 9.17) is 0 Å². The summed E-state index contributed by atoms with van der Waals surface area (Å²) in [6, 6.07) is 2.99. The molecule has 0 saturated carbocycles. The summed E-state index contributed by atoms with van der Waals surface area (Å²) in [6.45, 7) is 0. The number of halogens is 1. The molecule has 0 unspecified atom stereocenters. The van der Waals surface area contributed by atoms with Crippen molar-refractivity contribution in [3.05, 3.63) is 54.1 Å². The molecule has 0 bridgehead atoms. The summed E-state index contributed by atoms with van der Waals surface area (Å²) < 4.78 is 13.1. The highest BCUT2D eigenvalue weighted by Crippen LogP contribution is 2.07. The molecule has 0 aromatic carbocycles. The van der Waals surface area contributed by atoms with Crippen LogP contribution in [0.1, 0.15) is 16.1 Å². The average molecular weight is 203 g/mol. The van der Waals surface area contributed by atoms with Gasteiger partial charge in [-0.2, -0.15) is 4.39 Å². The van der Waals surface area contributed by atoms with Gasteiger partial charge in [-0.1, -0.05) is 0 Å². The van der Waals surface area contributed by atoms with Gasteiger partial charge >= 0.3 is 0 Å². The molecular weight excluding hydrogens is 197 g/mol. The molecule has 0 amide bonds. The zero-order valence-corrected chi connectivity index (χ0v) is 7.59. The lowest BCUT2D eigenvalue weighted by Gasteiger charge is -1.99. The summed E-state index contributed by atoms with van der Waals surface area (Å²) in [5.74, 6) is -1.36. The summed E-state index contributed by atoms with van der Waals surface area (Å²) in [6.07, 6.45) is 5.39. The van der Waals surface area contributed by atoms with Crippen molar-refractivity contribution in [3.8, 4) is 0 Å². The second kappa shape index (κ2) is 3.91. The number of hydrogen-bond donors (Lipinski definition) is 0. The van der Waals surface area contributed by atoms with Crippen molar-refractivity contribution < 1.29 is 9.18 Å². The number of carbonyl (C=O) groups is 1. The Labute approximate surface area is 84.8 Å². The maximum absolute atomic E-state index is 13.1. The highest BCUT2D eigenvalue weighted by Gasteiger charge is 2.15. The quantitative estimate of drug-likeness (QED) is 0.689. The second-order valence-corrected chi connectivity index (χ2v) is 2.76. The largest absolute Gasteiger partial charge is 0.287 e. The number of nitrogens with zero attached hydrogens (tertiary/aromatic N) is 3. The molecule has 2 aromatic heterocycles. The predicted octanol–water partition coefficient (Wildman–Crippen LogP) is 1.24. The average Bonchev–Trinajstić information content (AvgIpc) is 2.30. The molecule has 0 saturated heterocycles. The molecule has 2 rings (SSSR count). The minimum Gasteiger partial charge on any atom is -0.287 e. The van der Waals surface area contributed by atoms with Crippen LogP contribution >= 0.6 is 0 Å². The third-order valence-corrected chi connectivity index (χ3v) is 1.81. The minimum atomic E-state index is -0.862. The highest BCUT2D eigenvalue weighted by molar-refractivity contribution is 6.07. The normalized spacial score (nSPS) is 9.93. The Kier molecular flexibility index (Phi) is 2.45. The fraction of sp³-hybridized carbons (Fsp3) is 0. The van der Waals surface area contributed by atoms with Gasteiger partial charge in [-0.05, 0) is 12.1 Å². The molecule has 74 valence electrons. The summed E-state index contributed by atoms with van der Waals surface area (Å²) >= 11 is 0. The lowest BCUT2D eigenvalue weighted by Crippen LogP contribution is -2.08. The SMILES string of the molecule is O=C(c1ccncc1)c1nccnc1F. The molecule has 4 nitrogen and oxygen atoms in total. The number of carbonyl (C=O) groups excluding carboxylic acids is 1. The Balaban J connectivity index is 2.42. The third-order valence-electron chi connectivity index (χ3n) is 1.81. The molecule has 0 aliphatic carbocycles. The zero-order chi connectivity index (χ0) is 10.7. The second-order valence-electron chi connectivity index (χ2n) is 2.76. The van der Waals surface area contributed by atoms with Crippen molar-refractivity contribution in [1.29, 1.82) is 0 Å². The smallest absolute Gasteiger partial charge is 0.242 e. The van der Waals surface area contributed by atoms with Gasteiger partial charge in [0, 0.05) is 30.4 Å². The van der Waals surface area contributed by atoms with Crippen molar-refractivity contribution in [2.45, 2.75) is 0 Å². The minimum absolute atomic E-state index is 0.274. The van der Waals surface area contributed by atoms with Crippen molar-refractivity contribution in [1.82, 2.24) is 15.0 Å². The van der Waals surface area contributed by atoms with E-state index in [0.717, 1.165) is 0 Å². The van der Waals surface area contributed by atoms with E-state index in [2.05, 4.69) is 15.0 Å². The van der Waals surface area contributed by atoms with Gasteiger partial charge in [0.15, 0.2) is 5.69 Å². The first-order valence-electron chi connectivity index (χ1n) is 4.20. The van der Waals surface area contributed by atoms with E-state index >= 15 is 0 Å². The first-order valence-corrected chi connectivity index (χ1v) is 4.20. The van der Waals surface area contributed by atoms with E-state index in [9.17, 15) is 9.18 Å². The molecule has 0 radical (unpaired) electrons. The summed E-state index contributed by atoms with van der Waals surface area (Å²) in [7, 11) is 0. The van der Waals surface area contributed by atoms with Gasteiger partial charge in [-0.15, -0.1) is 0 Å². The standard InChI is InChI=1S/C10H6FN3O/c11-10-8(13-5-6-14-10)9(15)7-1-3-12-4-2-7/h1-6H. The monoisotopic (exact) mass is 203 g/mol. The van der Waals surface area contributed by atoms with E-state index in [1.165, 1.54) is 36.9 Å². The summed E-state index contributed by atoms with van der Waals surface area (Å²) in [5.41, 5.74) is 0.0631. The molecule has 0 N–H and O–H groups in total. The molecule has 5 heteroatoms. The van der Waals surface area contributed by atoms with Gasteiger partial charge < -0.3 is 0 Å². The van der Waals surface area contributed by atoms with Gasteiger partial charge in [-0.3, -0.25) is 9.78 Å². The molecule has 0 aliphatic rings. The van der Waals surface area contributed by atoms with Crippen LogP contribution in [0, 0.1) is 5.95 Å². The molecule has 2 aromatic rings. The number of pyridine rings is 1. The van der Waals surface area contributed by atoms with Crippen molar-refractivity contribution in [2.75, 3.05) is 0 Å².